The number of halogens is 3. The molecule has 0 spiro atoms. The van der Waals surface area contributed by atoms with Crippen molar-refractivity contribution in [2.45, 2.75) is 6.18 Å². The summed E-state index contributed by atoms with van der Waals surface area (Å²) in [5.74, 6) is -0.432. The van der Waals surface area contributed by atoms with Crippen molar-refractivity contribution in [1.29, 1.82) is 5.41 Å². The van der Waals surface area contributed by atoms with E-state index in [2.05, 4.69) is 0 Å². The molecule has 34 heavy (non-hydrogen) atoms. The van der Waals surface area contributed by atoms with Crippen molar-refractivity contribution < 1.29 is 22.9 Å². The zero-order chi connectivity index (χ0) is 24.7. The molecule has 3 N–H and O–H groups in total. The first-order chi connectivity index (χ1) is 16.2. The maximum Gasteiger partial charge on any atom is 0.417 e. The van der Waals surface area contributed by atoms with E-state index in [0.717, 1.165) is 0 Å². The van der Waals surface area contributed by atoms with Crippen LogP contribution in [0.3, 0.4) is 0 Å². The highest BCUT2D eigenvalue weighted by atomic mass is 19.4. The predicted molar refractivity (Wildman–Crippen MR) is 122 cm³/mol. The lowest BCUT2D eigenvalue weighted by molar-refractivity contribution is -0.629. The Balaban J connectivity index is 1.98. The van der Waals surface area contributed by atoms with Gasteiger partial charge in [0.2, 0.25) is 0 Å². The Morgan fingerprint density at radius 2 is 1.41 bits per heavy atom. The highest BCUT2D eigenvalue weighted by Crippen LogP contribution is 2.42. The van der Waals surface area contributed by atoms with Gasteiger partial charge in [-0.2, -0.15) is 13.2 Å². The van der Waals surface area contributed by atoms with Crippen LogP contribution in [0.25, 0.3) is 11.1 Å². The van der Waals surface area contributed by atoms with Crippen molar-refractivity contribution in [3.05, 3.63) is 112 Å². The lowest BCUT2D eigenvalue weighted by Gasteiger charge is -2.20. The van der Waals surface area contributed by atoms with Crippen LogP contribution < -0.4 is 10.5 Å². The van der Waals surface area contributed by atoms with Crippen LogP contribution in [0.15, 0.2) is 84.9 Å². The third kappa shape index (κ3) is 5.91. The van der Waals surface area contributed by atoms with Gasteiger partial charge in [0, 0.05) is 5.57 Å². The minimum atomic E-state index is -4.62. The minimum Gasteiger partial charge on any atom is -0.491 e. The number of hydrogen-bond donors (Lipinski definition) is 2. The topological polar surface area (TPSA) is 105 Å². The predicted octanol–water partition coefficient (Wildman–Crippen LogP) is 4.97. The van der Waals surface area contributed by atoms with Gasteiger partial charge in [0.25, 0.3) is 5.96 Å². The SMILES string of the molecule is N=C(N)N(CCOc1ccc(/C(=C(\c2ccccc2)C(F)(F)F)c2ccccc2)cc1)[N+](=O)[O-]. The van der Waals surface area contributed by atoms with E-state index in [1.54, 1.807) is 48.5 Å². The van der Waals surface area contributed by atoms with E-state index in [0.29, 0.717) is 21.9 Å². The second-order valence-corrected chi connectivity index (χ2v) is 7.10. The second-order valence-electron chi connectivity index (χ2n) is 7.10. The molecular weight excluding hydrogens is 449 g/mol. The van der Waals surface area contributed by atoms with Gasteiger partial charge in [-0.25, -0.2) is 10.1 Å². The molecule has 0 saturated carbocycles. The minimum absolute atomic E-state index is 0.0157. The van der Waals surface area contributed by atoms with Crippen molar-refractivity contribution in [3.8, 4) is 5.75 Å². The van der Waals surface area contributed by atoms with Crippen molar-refractivity contribution in [1.82, 2.24) is 5.01 Å². The number of rotatable bonds is 8. The van der Waals surface area contributed by atoms with E-state index in [4.69, 9.17) is 15.9 Å². The van der Waals surface area contributed by atoms with E-state index >= 15 is 0 Å². The highest BCUT2D eigenvalue weighted by Gasteiger charge is 2.38. The molecule has 3 rings (SSSR count). The fourth-order valence-corrected chi connectivity index (χ4v) is 3.37. The van der Waals surface area contributed by atoms with Crippen molar-refractivity contribution in [3.63, 3.8) is 0 Å². The summed E-state index contributed by atoms with van der Waals surface area (Å²) in [6.07, 6.45) is -4.62. The van der Waals surface area contributed by atoms with Gasteiger partial charge in [0.05, 0.1) is 5.57 Å². The van der Waals surface area contributed by atoms with Crippen LogP contribution in [0.1, 0.15) is 16.7 Å². The lowest BCUT2D eigenvalue weighted by Crippen LogP contribution is -2.43. The molecule has 3 aromatic carbocycles. The molecule has 7 nitrogen and oxygen atoms in total. The van der Waals surface area contributed by atoms with Gasteiger partial charge < -0.3 is 10.5 Å². The molecule has 0 aliphatic carbocycles. The van der Waals surface area contributed by atoms with E-state index in [9.17, 15) is 23.3 Å². The number of benzene rings is 3. The third-order valence-electron chi connectivity index (χ3n) is 4.85. The second kappa shape index (κ2) is 10.5. The molecule has 0 fully saturated rings. The summed E-state index contributed by atoms with van der Waals surface area (Å²) >= 11 is 0. The molecule has 0 aromatic heterocycles. The summed E-state index contributed by atoms with van der Waals surface area (Å²) in [6.45, 7) is -0.426. The monoisotopic (exact) mass is 470 g/mol. The Labute approximate surface area is 193 Å². The van der Waals surface area contributed by atoms with E-state index < -0.39 is 22.7 Å². The number of hydrazine groups is 1. The average molecular weight is 470 g/mol. The number of nitrogens with one attached hydrogen (secondary N) is 1. The van der Waals surface area contributed by atoms with Crippen molar-refractivity contribution in [2.24, 2.45) is 5.73 Å². The van der Waals surface area contributed by atoms with Crippen molar-refractivity contribution >= 4 is 17.1 Å². The zero-order valence-corrected chi connectivity index (χ0v) is 17.8. The molecule has 10 heteroatoms. The van der Waals surface area contributed by atoms with Gasteiger partial charge >= 0.3 is 6.18 Å². The van der Waals surface area contributed by atoms with Crippen LogP contribution in [0.5, 0.6) is 5.75 Å². The van der Waals surface area contributed by atoms with Gasteiger partial charge in [-0.1, -0.05) is 77.8 Å². The van der Waals surface area contributed by atoms with E-state index in [-0.39, 0.29) is 24.3 Å². The number of nitrogens with two attached hydrogens (primary N) is 1. The Morgan fingerprint density at radius 3 is 1.88 bits per heavy atom. The summed E-state index contributed by atoms with van der Waals surface area (Å²) in [7, 11) is 0. The third-order valence-corrected chi connectivity index (χ3v) is 4.85. The van der Waals surface area contributed by atoms with Crippen LogP contribution in [-0.2, 0) is 0 Å². The van der Waals surface area contributed by atoms with Crippen LogP contribution >= 0.6 is 0 Å². The molecule has 0 radical (unpaired) electrons. The summed E-state index contributed by atoms with van der Waals surface area (Å²) in [5, 5.41) is 17.6. The fourth-order valence-electron chi connectivity index (χ4n) is 3.37. The van der Waals surface area contributed by atoms with Gasteiger partial charge in [-0.3, -0.25) is 5.41 Å². The number of nitrogens with zero attached hydrogens (tertiary/aromatic N) is 2. The fraction of sp³-hybridized carbons (Fsp3) is 0.125. The Hall–Kier alpha value is -4.34. The molecule has 0 atom stereocenters. The van der Waals surface area contributed by atoms with Gasteiger partial charge in [0.15, 0.2) is 5.03 Å². The number of hydrogen-bond acceptors (Lipinski definition) is 4. The Kier molecular flexibility index (Phi) is 7.52. The molecular formula is C24H21F3N4O3. The first kappa shape index (κ1) is 24.3. The molecule has 0 aliphatic rings. The normalized spacial score (nSPS) is 12.0. The number of guanidine groups is 1. The summed E-state index contributed by atoms with van der Waals surface area (Å²) in [6, 6.07) is 21.9. The zero-order valence-electron chi connectivity index (χ0n) is 17.8. The van der Waals surface area contributed by atoms with Crippen LogP contribution in [-0.4, -0.2) is 35.3 Å². The summed E-state index contributed by atoms with van der Waals surface area (Å²) in [5.41, 5.74) is 5.16. The number of alkyl halides is 3. The standard InChI is InChI=1S/C24H21F3N4O3/c25-24(26,27)22(19-9-5-2-6-10-19)21(17-7-3-1-4-8-17)18-11-13-20(14-12-18)34-16-15-30(23(28)29)31(32)33/h1-14H,15-16H2,(H3,28,29)/b22-21+. The van der Waals surface area contributed by atoms with Gasteiger partial charge in [0.1, 0.15) is 18.9 Å². The van der Waals surface area contributed by atoms with Gasteiger partial charge in [-0.05, 0) is 28.8 Å². The smallest absolute Gasteiger partial charge is 0.417 e. The molecule has 176 valence electrons. The lowest BCUT2D eigenvalue weighted by atomic mass is 9.89. The number of nitro groups is 1. The molecule has 3 aromatic rings. The largest absolute Gasteiger partial charge is 0.491 e. The molecule has 0 aliphatic heterocycles. The summed E-state index contributed by atoms with van der Waals surface area (Å²) in [4.78, 5) is 10.9. The quantitative estimate of drug-likeness (QED) is 0.159. The number of ether oxygens (including phenoxy) is 1. The van der Waals surface area contributed by atoms with Crippen LogP contribution in [0.2, 0.25) is 0 Å². The molecule has 0 saturated heterocycles. The van der Waals surface area contributed by atoms with Crippen LogP contribution in [0, 0.1) is 15.5 Å². The molecule has 0 amide bonds. The van der Waals surface area contributed by atoms with E-state index in [1.165, 1.54) is 36.4 Å². The molecule has 0 bridgehead atoms. The maximum atomic E-state index is 14.3. The first-order valence-corrected chi connectivity index (χ1v) is 10.1. The highest BCUT2D eigenvalue weighted by molar-refractivity contribution is 6.00. The van der Waals surface area contributed by atoms with E-state index in [1.807, 2.05) is 0 Å². The average Bonchev–Trinajstić information content (AvgIpc) is 2.80. The Morgan fingerprint density at radius 1 is 0.912 bits per heavy atom. The van der Waals surface area contributed by atoms with Gasteiger partial charge in [-0.15, -0.1) is 0 Å². The van der Waals surface area contributed by atoms with Crippen molar-refractivity contribution in [2.75, 3.05) is 13.2 Å². The Bertz CT molecular complexity index is 1150. The first-order valence-electron chi connectivity index (χ1n) is 10.1. The maximum absolute atomic E-state index is 14.3. The number of allylic oxidation sites excluding steroid dienone is 1. The summed E-state index contributed by atoms with van der Waals surface area (Å²) < 4.78 is 48.4. The molecule has 0 unspecified atom stereocenters. The molecule has 0 heterocycles. The van der Waals surface area contributed by atoms with Crippen LogP contribution in [0.4, 0.5) is 13.2 Å².